The zero-order valence-corrected chi connectivity index (χ0v) is 14.9. The molecule has 1 unspecified atom stereocenters. The van der Waals surface area contributed by atoms with Gasteiger partial charge in [-0.2, -0.15) is 0 Å². The fourth-order valence-electron chi connectivity index (χ4n) is 2.24. The van der Waals surface area contributed by atoms with Crippen LogP contribution in [-0.2, 0) is 9.47 Å². The molecule has 1 aliphatic rings. The molecule has 1 aliphatic carbocycles. The van der Waals surface area contributed by atoms with Gasteiger partial charge < -0.3 is 20.1 Å². The fraction of sp³-hybridized carbons (Fsp3) is 0.941. The number of nitrogens with one attached hydrogen (secondary N) is 2. The Balaban J connectivity index is 2.20. The highest BCUT2D eigenvalue weighted by Crippen LogP contribution is 2.28. The van der Waals surface area contributed by atoms with Gasteiger partial charge in [0.2, 0.25) is 0 Å². The number of nitrogens with zero attached hydrogens (tertiary/aromatic N) is 1. The van der Waals surface area contributed by atoms with Crippen molar-refractivity contribution in [3.63, 3.8) is 0 Å². The van der Waals surface area contributed by atoms with Gasteiger partial charge in [0.05, 0.1) is 12.7 Å². The lowest BCUT2D eigenvalue weighted by Gasteiger charge is -2.20. The van der Waals surface area contributed by atoms with Crippen LogP contribution in [0.5, 0.6) is 0 Å². The molecule has 1 atom stereocenters. The van der Waals surface area contributed by atoms with Crippen LogP contribution in [0.3, 0.4) is 0 Å². The van der Waals surface area contributed by atoms with Crippen molar-refractivity contribution in [2.45, 2.75) is 53.1 Å². The smallest absolute Gasteiger partial charge is 0.191 e. The Morgan fingerprint density at radius 1 is 1.23 bits per heavy atom. The second kappa shape index (κ2) is 11.7. The van der Waals surface area contributed by atoms with E-state index < -0.39 is 0 Å². The summed E-state index contributed by atoms with van der Waals surface area (Å²) in [6.07, 6.45) is 3.93. The molecule has 22 heavy (non-hydrogen) atoms. The lowest BCUT2D eigenvalue weighted by molar-refractivity contribution is 0.0266. The van der Waals surface area contributed by atoms with Crippen molar-refractivity contribution in [3.05, 3.63) is 0 Å². The Labute approximate surface area is 136 Å². The monoisotopic (exact) mass is 313 g/mol. The van der Waals surface area contributed by atoms with E-state index in [1.165, 1.54) is 12.8 Å². The summed E-state index contributed by atoms with van der Waals surface area (Å²) in [5.41, 5.74) is 0. The molecule has 0 bridgehead atoms. The van der Waals surface area contributed by atoms with Crippen molar-refractivity contribution in [1.29, 1.82) is 0 Å². The van der Waals surface area contributed by atoms with Crippen LogP contribution < -0.4 is 10.6 Å². The molecule has 1 rings (SSSR count). The first-order valence-corrected chi connectivity index (χ1v) is 8.88. The standard InChI is InChI=1S/C17H35N3O2/c1-5-18-17(20-11-12-21-13-15-7-8-15)19-10-9-16(14(3)4)22-6-2/h14-16H,5-13H2,1-4H3,(H2,18,19,20). The minimum absolute atomic E-state index is 0.290. The molecule has 2 N–H and O–H groups in total. The molecule has 0 radical (unpaired) electrons. The van der Waals surface area contributed by atoms with Crippen LogP contribution in [0.25, 0.3) is 0 Å². The molecule has 130 valence electrons. The summed E-state index contributed by atoms with van der Waals surface area (Å²) in [6, 6.07) is 0. The van der Waals surface area contributed by atoms with Crippen molar-refractivity contribution in [2.24, 2.45) is 16.8 Å². The first kappa shape index (κ1) is 19.2. The minimum Gasteiger partial charge on any atom is -0.379 e. The Hall–Kier alpha value is -0.810. The number of hydrogen-bond acceptors (Lipinski definition) is 3. The van der Waals surface area contributed by atoms with Crippen molar-refractivity contribution < 1.29 is 9.47 Å². The van der Waals surface area contributed by atoms with E-state index in [1.54, 1.807) is 0 Å². The SMILES string of the molecule is CCNC(=NCCC(OCC)C(C)C)NCCOCC1CC1. The van der Waals surface area contributed by atoms with Crippen LogP contribution in [0, 0.1) is 11.8 Å². The fourth-order valence-corrected chi connectivity index (χ4v) is 2.24. The number of rotatable bonds is 12. The summed E-state index contributed by atoms with van der Waals surface area (Å²) in [7, 11) is 0. The van der Waals surface area contributed by atoms with Gasteiger partial charge in [-0.05, 0) is 44.9 Å². The summed E-state index contributed by atoms with van der Waals surface area (Å²) in [6.45, 7) is 13.4. The molecule has 0 spiro atoms. The molecule has 0 aromatic heterocycles. The van der Waals surface area contributed by atoms with Crippen LogP contribution in [0.4, 0.5) is 0 Å². The molecule has 0 saturated heterocycles. The quantitative estimate of drug-likeness (QED) is 0.330. The van der Waals surface area contributed by atoms with Crippen LogP contribution in [0.1, 0.15) is 47.0 Å². The summed E-state index contributed by atoms with van der Waals surface area (Å²) in [4.78, 5) is 4.62. The average molecular weight is 313 g/mol. The second-order valence-corrected chi connectivity index (χ2v) is 6.23. The van der Waals surface area contributed by atoms with E-state index in [-0.39, 0.29) is 0 Å². The normalized spacial score (nSPS) is 16.9. The van der Waals surface area contributed by atoms with Gasteiger partial charge in [0.25, 0.3) is 0 Å². The van der Waals surface area contributed by atoms with E-state index in [0.29, 0.717) is 12.0 Å². The third-order valence-corrected chi connectivity index (χ3v) is 3.74. The van der Waals surface area contributed by atoms with Gasteiger partial charge in [-0.3, -0.25) is 4.99 Å². The zero-order chi connectivity index (χ0) is 16.2. The van der Waals surface area contributed by atoms with Gasteiger partial charge in [0.15, 0.2) is 5.96 Å². The summed E-state index contributed by atoms with van der Waals surface area (Å²) in [5.74, 6) is 2.23. The highest BCUT2D eigenvalue weighted by molar-refractivity contribution is 5.79. The first-order valence-electron chi connectivity index (χ1n) is 8.88. The average Bonchev–Trinajstić information content (AvgIpc) is 3.30. The van der Waals surface area contributed by atoms with E-state index in [4.69, 9.17) is 9.47 Å². The van der Waals surface area contributed by atoms with Gasteiger partial charge >= 0.3 is 0 Å². The van der Waals surface area contributed by atoms with Gasteiger partial charge in [-0.25, -0.2) is 0 Å². The van der Waals surface area contributed by atoms with Gasteiger partial charge in [-0.15, -0.1) is 0 Å². The molecular formula is C17H35N3O2. The molecule has 0 amide bonds. The summed E-state index contributed by atoms with van der Waals surface area (Å²) < 4.78 is 11.4. The largest absolute Gasteiger partial charge is 0.379 e. The maximum absolute atomic E-state index is 5.76. The lowest BCUT2D eigenvalue weighted by Crippen LogP contribution is -2.39. The molecule has 0 aromatic rings. The van der Waals surface area contributed by atoms with Crippen molar-refractivity contribution in [3.8, 4) is 0 Å². The van der Waals surface area contributed by atoms with Crippen LogP contribution >= 0.6 is 0 Å². The summed E-state index contributed by atoms with van der Waals surface area (Å²) >= 11 is 0. The van der Waals surface area contributed by atoms with Crippen LogP contribution in [0.15, 0.2) is 4.99 Å². The van der Waals surface area contributed by atoms with Crippen molar-refractivity contribution in [1.82, 2.24) is 10.6 Å². The molecule has 0 heterocycles. The van der Waals surface area contributed by atoms with E-state index in [2.05, 4.69) is 36.4 Å². The Morgan fingerprint density at radius 3 is 2.59 bits per heavy atom. The third-order valence-electron chi connectivity index (χ3n) is 3.74. The van der Waals surface area contributed by atoms with Gasteiger partial charge in [0, 0.05) is 32.8 Å². The third kappa shape index (κ3) is 9.26. The molecule has 1 saturated carbocycles. The first-order chi connectivity index (χ1) is 10.7. The zero-order valence-electron chi connectivity index (χ0n) is 14.9. The van der Waals surface area contributed by atoms with Crippen molar-refractivity contribution in [2.75, 3.05) is 39.5 Å². The predicted molar refractivity (Wildman–Crippen MR) is 92.4 cm³/mol. The second-order valence-electron chi connectivity index (χ2n) is 6.23. The lowest BCUT2D eigenvalue weighted by atomic mass is 10.0. The molecule has 1 fully saturated rings. The topological polar surface area (TPSA) is 54.9 Å². The highest BCUT2D eigenvalue weighted by atomic mass is 16.5. The van der Waals surface area contributed by atoms with E-state index in [0.717, 1.165) is 57.8 Å². The maximum atomic E-state index is 5.76. The predicted octanol–water partition coefficient (Wildman–Crippen LogP) is 2.42. The van der Waals surface area contributed by atoms with E-state index in [9.17, 15) is 0 Å². The van der Waals surface area contributed by atoms with Gasteiger partial charge in [-0.1, -0.05) is 13.8 Å². The molecule has 5 nitrogen and oxygen atoms in total. The van der Waals surface area contributed by atoms with E-state index >= 15 is 0 Å². The Morgan fingerprint density at radius 2 is 2.00 bits per heavy atom. The number of ether oxygens (including phenoxy) is 2. The minimum atomic E-state index is 0.290. The Kier molecular flexibility index (Phi) is 10.2. The van der Waals surface area contributed by atoms with Crippen LogP contribution in [-0.4, -0.2) is 51.5 Å². The Bertz CT molecular complexity index is 304. The van der Waals surface area contributed by atoms with Crippen LogP contribution in [0.2, 0.25) is 0 Å². The summed E-state index contributed by atoms with van der Waals surface area (Å²) in [5, 5.41) is 6.59. The highest BCUT2D eigenvalue weighted by Gasteiger charge is 2.20. The van der Waals surface area contributed by atoms with Gasteiger partial charge in [0.1, 0.15) is 0 Å². The maximum Gasteiger partial charge on any atom is 0.191 e. The number of guanidine groups is 1. The van der Waals surface area contributed by atoms with Crippen molar-refractivity contribution >= 4 is 5.96 Å². The number of hydrogen-bond donors (Lipinski definition) is 2. The number of aliphatic imine (C=N–C) groups is 1. The molecular weight excluding hydrogens is 278 g/mol. The molecule has 0 aromatic carbocycles. The van der Waals surface area contributed by atoms with E-state index in [1.807, 2.05) is 6.92 Å². The molecule has 5 heteroatoms. The molecule has 0 aliphatic heterocycles.